The van der Waals surface area contributed by atoms with Gasteiger partial charge in [-0.25, -0.2) is 13.4 Å². The molecule has 1 amide bonds. The second-order valence-corrected chi connectivity index (χ2v) is 11.4. The Balaban J connectivity index is 1.34. The number of nitrogens with one attached hydrogen (secondary N) is 1. The molecule has 0 saturated carbocycles. The summed E-state index contributed by atoms with van der Waals surface area (Å²) >= 11 is 6.13. The minimum atomic E-state index is -4.12. The molecule has 2 aromatic carbocycles. The van der Waals surface area contributed by atoms with Gasteiger partial charge in [-0.3, -0.25) is 4.79 Å². The first kappa shape index (κ1) is 26.9. The van der Waals surface area contributed by atoms with Crippen LogP contribution in [0.3, 0.4) is 0 Å². The number of hydrogen-bond acceptors (Lipinski definition) is 7. The number of aromatic amines is 1. The van der Waals surface area contributed by atoms with Crippen LogP contribution < -0.4 is 15.2 Å². The van der Waals surface area contributed by atoms with Gasteiger partial charge in [0.25, 0.3) is 5.91 Å². The Morgan fingerprint density at radius 3 is 2.77 bits per heavy atom. The summed E-state index contributed by atoms with van der Waals surface area (Å²) in [5, 5.41) is 0.640. The Kier molecular flexibility index (Phi) is 7.50. The van der Waals surface area contributed by atoms with Crippen molar-refractivity contribution in [1.82, 2.24) is 14.3 Å². The largest absolute Gasteiger partial charge is 0.491 e. The number of methoxy groups -OCH3 is 1. The number of pyridine rings is 1. The molecule has 1 aliphatic rings. The molecule has 1 saturated heterocycles. The standard InChI is InChI=1S/C27H27ClN4O6S/c1-16-3-6-19(12-21(16)17-4-8-24(36-2)30-13-17)38-15-20-14-32(9-10-37-20)39(34,35)26-22-11-18(28)5-7-23(22)31-25(26)27(29)33/h3-8,11-13,20,31H,9-10,14-15H2,1-2H3,(H2,29,33)/t20-/m0/s1. The van der Waals surface area contributed by atoms with E-state index >= 15 is 0 Å². The molecule has 4 aromatic rings. The predicted octanol–water partition coefficient (Wildman–Crippen LogP) is 3.77. The van der Waals surface area contributed by atoms with Crippen molar-refractivity contribution in [2.75, 3.05) is 33.4 Å². The topological polar surface area (TPSA) is 137 Å². The molecule has 3 heterocycles. The van der Waals surface area contributed by atoms with E-state index in [0.717, 1.165) is 16.7 Å². The van der Waals surface area contributed by atoms with Crippen LogP contribution in [0.15, 0.2) is 59.6 Å². The van der Waals surface area contributed by atoms with Crippen molar-refractivity contribution in [3.63, 3.8) is 0 Å². The van der Waals surface area contributed by atoms with Crippen LogP contribution in [0.5, 0.6) is 11.6 Å². The molecule has 0 unspecified atom stereocenters. The lowest BCUT2D eigenvalue weighted by atomic mass is 10.0. The first-order valence-electron chi connectivity index (χ1n) is 12.1. The Morgan fingerprint density at radius 2 is 2.05 bits per heavy atom. The Bertz CT molecular complexity index is 1640. The minimum Gasteiger partial charge on any atom is -0.491 e. The summed E-state index contributed by atoms with van der Waals surface area (Å²) in [6, 6.07) is 14.1. The number of nitrogens with two attached hydrogens (primary N) is 1. The van der Waals surface area contributed by atoms with Gasteiger partial charge >= 0.3 is 0 Å². The van der Waals surface area contributed by atoms with Crippen LogP contribution in [0.2, 0.25) is 5.02 Å². The van der Waals surface area contributed by atoms with Gasteiger partial charge in [0.2, 0.25) is 15.9 Å². The zero-order chi connectivity index (χ0) is 27.7. The molecule has 1 aliphatic heterocycles. The third-order valence-corrected chi connectivity index (χ3v) is 8.75. The molecule has 2 aromatic heterocycles. The van der Waals surface area contributed by atoms with Gasteiger partial charge in [0.15, 0.2) is 0 Å². The molecule has 0 spiro atoms. The smallest absolute Gasteiger partial charge is 0.266 e. The maximum Gasteiger partial charge on any atom is 0.266 e. The number of hydrogen-bond donors (Lipinski definition) is 2. The van der Waals surface area contributed by atoms with Crippen LogP contribution in [0.25, 0.3) is 22.0 Å². The number of primary amides is 1. The molecular weight excluding hydrogens is 544 g/mol. The van der Waals surface area contributed by atoms with Crippen molar-refractivity contribution in [1.29, 1.82) is 0 Å². The van der Waals surface area contributed by atoms with Crippen molar-refractivity contribution < 1.29 is 27.4 Å². The van der Waals surface area contributed by atoms with Crippen LogP contribution in [0.1, 0.15) is 16.1 Å². The average Bonchev–Trinajstić information content (AvgIpc) is 3.33. The van der Waals surface area contributed by atoms with Crippen LogP contribution >= 0.6 is 11.6 Å². The summed E-state index contributed by atoms with van der Waals surface area (Å²) in [6.07, 6.45) is 1.20. The fourth-order valence-electron chi connectivity index (χ4n) is 4.57. The van der Waals surface area contributed by atoms with Crippen LogP contribution in [0, 0.1) is 6.92 Å². The van der Waals surface area contributed by atoms with Gasteiger partial charge in [-0.05, 0) is 54.4 Å². The van der Waals surface area contributed by atoms with Crippen molar-refractivity contribution in [2.24, 2.45) is 5.73 Å². The van der Waals surface area contributed by atoms with Crippen molar-refractivity contribution >= 4 is 38.4 Å². The van der Waals surface area contributed by atoms with E-state index in [0.29, 0.717) is 27.6 Å². The summed E-state index contributed by atoms with van der Waals surface area (Å²) in [6.45, 7) is 2.43. The lowest BCUT2D eigenvalue weighted by Crippen LogP contribution is -2.47. The second kappa shape index (κ2) is 10.9. The number of nitrogens with zero attached hydrogens (tertiary/aromatic N) is 2. The van der Waals surface area contributed by atoms with Crippen LogP contribution in [-0.4, -0.2) is 68.1 Å². The van der Waals surface area contributed by atoms with E-state index in [1.165, 1.54) is 10.4 Å². The third kappa shape index (κ3) is 5.44. The Labute approximate surface area is 230 Å². The van der Waals surface area contributed by atoms with Crippen LogP contribution in [0.4, 0.5) is 0 Å². The molecule has 0 bridgehead atoms. The number of rotatable bonds is 8. The van der Waals surface area contributed by atoms with E-state index in [1.807, 2.05) is 31.2 Å². The first-order valence-corrected chi connectivity index (χ1v) is 14.0. The fraction of sp³-hybridized carbons (Fsp3) is 0.259. The summed E-state index contributed by atoms with van der Waals surface area (Å²) < 4.78 is 45.7. The number of H-pyrrole nitrogens is 1. The Hall–Kier alpha value is -3.64. The summed E-state index contributed by atoms with van der Waals surface area (Å²) in [7, 11) is -2.55. The number of benzene rings is 2. The molecule has 10 nitrogen and oxygen atoms in total. The van der Waals surface area contributed by atoms with Gasteiger partial charge in [-0.15, -0.1) is 0 Å². The van der Waals surface area contributed by atoms with Gasteiger partial charge in [0, 0.05) is 46.8 Å². The third-order valence-electron chi connectivity index (χ3n) is 6.56. The Morgan fingerprint density at radius 1 is 1.23 bits per heavy atom. The molecule has 1 atom stereocenters. The van der Waals surface area contributed by atoms with Gasteiger partial charge in [-0.1, -0.05) is 17.7 Å². The monoisotopic (exact) mass is 570 g/mol. The number of sulfonamides is 1. The number of aromatic nitrogens is 2. The molecule has 5 rings (SSSR count). The molecular formula is C27H27ClN4O6S. The summed E-state index contributed by atoms with van der Waals surface area (Å²) in [5.41, 5.74) is 8.69. The highest BCUT2D eigenvalue weighted by Gasteiger charge is 2.36. The lowest BCUT2D eigenvalue weighted by molar-refractivity contribution is -0.0249. The summed E-state index contributed by atoms with van der Waals surface area (Å²) in [4.78, 5) is 19.0. The maximum absolute atomic E-state index is 13.7. The number of carbonyl (C=O) groups is 1. The number of amides is 1. The second-order valence-electron chi connectivity index (χ2n) is 9.12. The van der Waals surface area contributed by atoms with Gasteiger partial charge in [0.1, 0.15) is 29.0 Å². The minimum absolute atomic E-state index is 0.0366. The summed E-state index contributed by atoms with van der Waals surface area (Å²) in [5.74, 6) is 0.255. The van der Waals surface area contributed by atoms with Crippen LogP contribution in [-0.2, 0) is 14.8 Å². The van der Waals surface area contributed by atoms with E-state index < -0.39 is 22.0 Å². The number of aryl methyl sites for hydroxylation is 1. The van der Waals surface area contributed by atoms with E-state index in [1.54, 1.807) is 31.5 Å². The first-order chi connectivity index (χ1) is 18.7. The fourth-order valence-corrected chi connectivity index (χ4v) is 6.54. The molecule has 1 fully saturated rings. The average molecular weight is 571 g/mol. The molecule has 204 valence electrons. The molecule has 0 aliphatic carbocycles. The highest BCUT2D eigenvalue weighted by atomic mass is 35.5. The predicted molar refractivity (Wildman–Crippen MR) is 147 cm³/mol. The van der Waals surface area contributed by atoms with Crippen molar-refractivity contribution in [3.8, 4) is 22.8 Å². The number of ether oxygens (including phenoxy) is 3. The van der Waals surface area contributed by atoms with Crippen molar-refractivity contribution in [3.05, 3.63) is 71.0 Å². The number of fused-ring (bicyclic) bond motifs is 1. The number of carbonyl (C=O) groups excluding carboxylic acids is 1. The number of morpholine rings is 1. The highest BCUT2D eigenvalue weighted by Crippen LogP contribution is 2.33. The van der Waals surface area contributed by atoms with Crippen molar-refractivity contribution in [2.45, 2.75) is 17.9 Å². The molecule has 3 N–H and O–H groups in total. The molecule has 39 heavy (non-hydrogen) atoms. The van der Waals surface area contributed by atoms with E-state index in [9.17, 15) is 13.2 Å². The molecule has 12 heteroatoms. The van der Waals surface area contributed by atoms with Gasteiger partial charge in [-0.2, -0.15) is 4.31 Å². The number of halogens is 1. The normalized spacial score (nSPS) is 16.3. The maximum atomic E-state index is 13.7. The van der Waals surface area contributed by atoms with E-state index in [-0.39, 0.29) is 36.9 Å². The SMILES string of the molecule is COc1ccc(-c2cc(OC[C@@H]3CN(S(=O)(=O)c4c(C(N)=O)[nH]c5ccc(Cl)cc45)CCO3)ccc2C)cn1. The van der Waals surface area contributed by atoms with Gasteiger partial charge in [0.05, 0.1) is 13.7 Å². The zero-order valence-corrected chi connectivity index (χ0v) is 22.9. The highest BCUT2D eigenvalue weighted by molar-refractivity contribution is 7.89. The molecule has 0 radical (unpaired) electrons. The van der Waals surface area contributed by atoms with E-state index in [2.05, 4.69) is 9.97 Å². The quantitative estimate of drug-likeness (QED) is 0.329. The zero-order valence-electron chi connectivity index (χ0n) is 21.3. The van der Waals surface area contributed by atoms with Gasteiger partial charge < -0.3 is 24.9 Å². The van der Waals surface area contributed by atoms with E-state index in [4.69, 9.17) is 31.5 Å². The lowest BCUT2D eigenvalue weighted by Gasteiger charge is -2.32.